The average Bonchev–Trinajstić information content (AvgIpc) is 3.23. The van der Waals surface area contributed by atoms with Gasteiger partial charge in [0.05, 0.1) is 12.6 Å². The molecule has 3 heterocycles. The first-order chi connectivity index (χ1) is 18.2. The van der Waals surface area contributed by atoms with Crippen molar-refractivity contribution in [1.82, 2.24) is 19.2 Å². The lowest BCUT2D eigenvalue weighted by molar-refractivity contribution is -0.141. The number of fused-ring (bicyclic) bond motifs is 1. The van der Waals surface area contributed by atoms with Gasteiger partial charge in [0.2, 0.25) is 0 Å². The Morgan fingerprint density at radius 1 is 1.00 bits per heavy atom. The third-order valence-corrected chi connectivity index (χ3v) is 6.25. The largest absolute Gasteiger partial charge is 0.433 e. The van der Waals surface area contributed by atoms with E-state index in [4.69, 9.17) is 16.9 Å². The van der Waals surface area contributed by atoms with E-state index in [-0.39, 0.29) is 6.54 Å². The summed E-state index contributed by atoms with van der Waals surface area (Å²) in [4.78, 5) is 16.6. The fourth-order valence-corrected chi connectivity index (χ4v) is 4.23. The van der Waals surface area contributed by atoms with Gasteiger partial charge in [-0.1, -0.05) is 54.1 Å². The molecule has 0 aliphatic rings. The molecule has 0 fully saturated rings. The van der Waals surface area contributed by atoms with E-state index in [2.05, 4.69) is 10.1 Å². The Morgan fingerprint density at radius 2 is 1.68 bits per heavy atom. The Morgan fingerprint density at radius 3 is 2.29 bits per heavy atom. The van der Waals surface area contributed by atoms with Gasteiger partial charge in [0.25, 0.3) is 0 Å². The SMILES string of the molecule is N#C[C@@H](O)c1ccc(-c2c(-c3ccc(Cl)cc3)ccn3c(=O)n(Cc4ccc(C(F)(F)F)nc4)nc23)cc1. The predicted molar refractivity (Wildman–Crippen MR) is 134 cm³/mol. The molecule has 0 spiro atoms. The second-order valence-electron chi connectivity index (χ2n) is 8.45. The van der Waals surface area contributed by atoms with Crippen molar-refractivity contribution in [2.45, 2.75) is 18.8 Å². The molecule has 3 aromatic heterocycles. The molecule has 0 saturated carbocycles. The molecule has 11 heteroatoms. The molecule has 0 amide bonds. The number of aliphatic hydroxyl groups is 1. The molecule has 38 heavy (non-hydrogen) atoms. The first-order valence-corrected chi connectivity index (χ1v) is 11.6. The lowest BCUT2D eigenvalue weighted by Crippen LogP contribution is -2.21. The maximum absolute atomic E-state index is 13.2. The number of aromatic nitrogens is 4. The highest BCUT2D eigenvalue weighted by molar-refractivity contribution is 6.30. The van der Waals surface area contributed by atoms with Crippen LogP contribution in [0.2, 0.25) is 5.02 Å². The van der Waals surface area contributed by atoms with Gasteiger partial charge >= 0.3 is 11.9 Å². The molecule has 5 aromatic rings. The van der Waals surface area contributed by atoms with E-state index < -0.39 is 23.7 Å². The van der Waals surface area contributed by atoms with E-state index in [1.54, 1.807) is 54.7 Å². The van der Waals surface area contributed by atoms with Crippen molar-refractivity contribution in [3.63, 3.8) is 0 Å². The van der Waals surface area contributed by atoms with Gasteiger partial charge in [0.1, 0.15) is 5.69 Å². The van der Waals surface area contributed by atoms with Crippen LogP contribution in [-0.2, 0) is 12.7 Å². The first kappa shape index (κ1) is 25.2. The second kappa shape index (κ2) is 9.78. The van der Waals surface area contributed by atoms with E-state index in [9.17, 15) is 23.1 Å². The van der Waals surface area contributed by atoms with Crippen LogP contribution < -0.4 is 5.69 Å². The number of halogens is 4. The molecular formula is C27H17ClF3N5O2. The Labute approximate surface area is 218 Å². The van der Waals surface area contributed by atoms with Gasteiger partial charge in [-0.15, -0.1) is 5.10 Å². The van der Waals surface area contributed by atoms with Crippen LogP contribution in [-0.4, -0.2) is 24.3 Å². The van der Waals surface area contributed by atoms with Gasteiger partial charge < -0.3 is 5.11 Å². The Hall–Kier alpha value is -4.46. The average molecular weight is 536 g/mol. The predicted octanol–water partition coefficient (Wildman–Crippen LogP) is 5.50. The molecule has 5 rings (SSSR count). The summed E-state index contributed by atoms with van der Waals surface area (Å²) >= 11 is 6.07. The molecule has 0 aliphatic heterocycles. The molecule has 0 unspecified atom stereocenters. The zero-order chi connectivity index (χ0) is 27.0. The maximum Gasteiger partial charge on any atom is 0.433 e. The quantitative estimate of drug-likeness (QED) is 0.300. The van der Waals surface area contributed by atoms with Gasteiger partial charge in [0.15, 0.2) is 11.8 Å². The van der Waals surface area contributed by atoms with Gasteiger partial charge in [-0.05, 0) is 52.1 Å². The number of aliphatic hydroxyl groups excluding tert-OH is 1. The Balaban J connectivity index is 1.65. The minimum Gasteiger partial charge on any atom is -0.374 e. The van der Waals surface area contributed by atoms with Crippen molar-refractivity contribution in [2.24, 2.45) is 0 Å². The molecule has 1 atom stereocenters. The van der Waals surface area contributed by atoms with E-state index in [1.807, 2.05) is 12.1 Å². The summed E-state index contributed by atoms with van der Waals surface area (Å²) in [5, 5.41) is 24.0. The summed E-state index contributed by atoms with van der Waals surface area (Å²) < 4.78 is 41.1. The zero-order valence-electron chi connectivity index (χ0n) is 19.4. The minimum atomic E-state index is -4.57. The fourth-order valence-electron chi connectivity index (χ4n) is 4.10. The third-order valence-electron chi connectivity index (χ3n) is 5.99. The Kier molecular flexibility index (Phi) is 6.48. The molecule has 7 nitrogen and oxygen atoms in total. The number of rotatable bonds is 5. The van der Waals surface area contributed by atoms with E-state index in [0.717, 1.165) is 28.1 Å². The summed E-state index contributed by atoms with van der Waals surface area (Å²) in [5.41, 5.74) is 2.42. The molecular weight excluding hydrogens is 519 g/mol. The van der Waals surface area contributed by atoms with Crippen molar-refractivity contribution in [3.8, 4) is 28.3 Å². The van der Waals surface area contributed by atoms with Crippen LogP contribution in [0.25, 0.3) is 27.9 Å². The third kappa shape index (κ3) is 4.77. The fraction of sp³-hybridized carbons (Fsp3) is 0.111. The number of pyridine rings is 2. The van der Waals surface area contributed by atoms with Crippen LogP contribution in [0.3, 0.4) is 0 Å². The first-order valence-electron chi connectivity index (χ1n) is 11.2. The minimum absolute atomic E-state index is 0.0886. The summed E-state index contributed by atoms with van der Waals surface area (Å²) in [7, 11) is 0. The standard InChI is InChI=1S/C27H17ClF3N5O2/c28-20-8-6-17(7-9-20)21-11-12-35-25(24(21)19-4-2-18(3-5-19)22(37)13-32)34-36(26(35)38)15-16-1-10-23(33-14-16)27(29,30)31/h1-12,14,22,37H,15H2/t22-/m1/s1. The van der Waals surface area contributed by atoms with Crippen molar-refractivity contribution >= 4 is 17.2 Å². The van der Waals surface area contributed by atoms with Crippen LogP contribution in [0.5, 0.6) is 0 Å². The summed E-state index contributed by atoms with van der Waals surface area (Å²) in [6.07, 6.45) is -3.20. The van der Waals surface area contributed by atoms with Crippen molar-refractivity contribution in [3.05, 3.63) is 111 Å². The number of nitriles is 1. The lowest BCUT2D eigenvalue weighted by Gasteiger charge is -2.12. The van der Waals surface area contributed by atoms with Crippen LogP contribution in [0, 0.1) is 11.3 Å². The lowest BCUT2D eigenvalue weighted by atomic mass is 9.95. The molecule has 2 aromatic carbocycles. The van der Waals surface area contributed by atoms with Crippen molar-refractivity contribution in [1.29, 1.82) is 5.26 Å². The topological polar surface area (TPSA) is 96.2 Å². The zero-order valence-corrected chi connectivity index (χ0v) is 20.1. The van der Waals surface area contributed by atoms with Gasteiger partial charge in [-0.2, -0.15) is 18.4 Å². The number of alkyl halides is 3. The molecule has 1 N–H and O–H groups in total. The monoisotopic (exact) mass is 535 g/mol. The van der Waals surface area contributed by atoms with Crippen LogP contribution in [0.4, 0.5) is 13.2 Å². The van der Waals surface area contributed by atoms with Crippen molar-refractivity contribution < 1.29 is 18.3 Å². The summed E-state index contributed by atoms with van der Waals surface area (Å²) in [6, 6.07) is 19.4. The molecule has 190 valence electrons. The molecule has 0 bridgehead atoms. The normalized spacial score (nSPS) is 12.4. The molecule has 0 radical (unpaired) electrons. The van der Waals surface area contributed by atoms with Crippen LogP contribution in [0.15, 0.2) is 83.9 Å². The molecule has 0 aliphatic carbocycles. The van der Waals surface area contributed by atoms with E-state index in [1.165, 1.54) is 10.5 Å². The Bertz CT molecular complexity index is 1720. The number of benzene rings is 2. The van der Waals surface area contributed by atoms with Crippen LogP contribution >= 0.6 is 11.6 Å². The summed E-state index contributed by atoms with van der Waals surface area (Å²) in [5.74, 6) is 0. The van der Waals surface area contributed by atoms with E-state index >= 15 is 0 Å². The van der Waals surface area contributed by atoms with Gasteiger partial charge in [0, 0.05) is 23.0 Å². The maximum atomic E-state index is 13.2. The summed E-state index contributed by atoms with van der Waals surface area (Å²) in [6.45, 7) is -0.0886. The highest BCUT2D eigenvalue weighted by Crippen LogP contribution is 2.35. The molecule has 0 saturated heterocycles. The van der Waals surface area contributed by atoms with Gasteiger partial charge in [-0.3, -0.25) is 4.98 Å². The number of hydrogen-bond donors (Lipinski definition) is 1. The second-order valence-corrected chi connectivity index (χ2v) is 8.88. The highest BCUT2D eigenvalue weighted by Gasteiger charge is 2.32. The number of hydrogen-bond acceptors (Lipinski definition) is 5. The smallest absolute Gasteiger partial charge is 0.374 e. The van der Waals surface area contributed by atoms with Crippen molar-refractivity contribution in [2.75, 3.05) is 0 Å². The van der Waals surface area contributed by atoms with Crippen LogP contribution in [0.1, 0.15) is 22.9 Å². The van der Waals surface area contributed by atoms with E-state index in [0.29, 0.717) is 32.9 Å². The van der Waals surface area contributed by atoms with Gasteiger partial charge in [-0.25, -0.2) is 13.9 Å². The number of nitrogens with zero attached hydrogens (tertiary/aromatic N) is 5. The highest BCUT2D eigenvalue weighted by atomic mass is 35.5.